The number of nitriles is 1. The quantitative estimate of drug-likeness (QED) is 0.905. The molecule has 4 nitrogen and oxygen atoms in total. The lowest BCUT2D eigenvalue weighted by Gasteiger charge is -2.36. The van der Waals surface area contributed by atoms with Gasteiger partial charge in [0.25, 0.3) is 0 Å². The Hall–Kier alpha value is -1.09. The molecule has 0 aliphatic carbocycles. The van der Waals surface area contributed by atoms with E-state index in [1.807, 2.05) is 17.0 Å². The first kappa shape index (κ1) is 15.3. The first-order valence-electron chi connectivity index (χ1n) is 6.44. The number of hydrogen-bond donors (Lipinski definition) is 1. The Morgan fingerprint density at radius 3 is 2.90 bits per heavy atom. The van der Waals surface area contributed by atoms with Crippen LogP contribution in [0.4, 0.5) is 0 Å². The highest BCUT2D eigenvalue weighted by molar-refractivity contribution is 9.10. The van der Waals surface area contributed by atoms with Crippen LogP contribution in [0.5, 0.6) is 0 Å². The number of carbonyl (C=O) groups is 1. The van der Waals surface area contributed by atoms with Crippen molar-refractivity contribution in [3.05, 3.63) is 33.3 Å². The molecule has 1 saturated heterocycles. The minimum atomic E-state index is -0.485. The molecular formula is C14H15BrClN3O. The van der Waals surface area contributed by atoms with Crippen LogP contribution in [0.25, 0.3) is 0 Å². The number of benzene rings is 1. The summed E-state index contributed by atoms with van der Waals surface area (Å²) < 4.78 is 0.740. The van der Waals surface area contributed by atoms with Crippen LogP contribution >= 0.6 is 27.5 Å². The van der Waals surface area contributed by atoms with Crippen molar-refractivity contribution >= 4 is 33.4 Å². The maximum atomic E-state index is 11.6. The molecule has 1 aliphatic heterocycles. The molecule has 2 rings (SSSR count). The summed E-state index contributed by atoms with van der Waals surface area (Å²) in [6, 6.07) is 6.80. The number of hydrogen-bond acceptors (Lipinski definition) is 3. The minimum Gasteiger partial charge on any atom is -0.368 e. The fourth-order valence-electron chi connectivity index (χ4n) is 2.59. The van der Waals surface area contributed by atoms with Crippen LogP contribution in [0, 0.1) is 11.3 Å². The van der Waals surface area contributed by atoms with Gasteiger partial charge in [-0.1, -0.05) is 24.1 Å². The predicted molar refractivity (Wildman–Crippen MR) is 81.0 cm³/mol. The molecule has 1 fully saturated rings. The number of likely N-dealkylation sites (tertiary alicyclic amines) is 1. The molecule has 106 valence electrons. The number of nitrogens with zero attached hydrogens (tertiary/aromatic N) is 2. The van der Waals surface area contributed by atoms with E-state index in [-0.39, 0.29) is 11.9 Å². The highest BCUT2D eigenvalue weighted by Gasteiger charge is 2.33. The van der Waals surface area contributed by atoms with E-state index in [2.05, 4.69) is 22.0 Å². The number of rotatable bonds is 3. The number of amides is 1. The van der Waals surface area contributed by atoms with Gasteiger partial charge < -0.3 is 5.73 Å². The van der Waals surface area contributed by atoms with Crippen LogP contribution in [-0.2, 0) is 4.79 Å². The maximum absolute atomic E-state index is 11.6. The smallest absolute Gasteiger partial charge is 0.234 e. The van der Waals surface area contributed by atoms with Gasteiger partial charge in [0.1, 0.15) is 6.04 Å². The lowest BCUT2D eigenvalue weighted by atomic mass is 9.96. The molecule has 0 spiro atoms. The molecule has 0 saturated carbocycles. The van der Waals surface area contributed by atoms with E-state index in [0.717, 1.165) is 22.9 Å². The molecule has 20 heavy (non-hydrogen) atoms. The van der Waals surface area contributed by atoms with Crippen LogP contribution in [0.3, 0.4) is 0 Å². The molecule has 0 bridgehead atoms. The van der Waals surface area contributed by atoms with Crippen molar-refractivity contribution in [2.75, 3.05) is 6.54 Å². The monoisotopic (exact) mass is 355 g/mol. The predicted octanol–water partition coefficient (Wildman–Crippen LogP) is 3.01. The van der Waals surface area contributed by atoms with Gasteiger partial charge in [-0.15, -0.1) is 0 Å². The van der Waals surface area contributed by atoms with E-state index in [1.54, 1.807) is 6.07 Å². The fourth-order valence-corrected chi connectivity index (χ4v) is 3.11. The summed E-state index contributed by atoms with van der Waals surface area (Å²) >= 11 is 9.34. The molecule has 1 heterocycles. The third-order valence-corrected chi connectivity index (χ3v) is 4.80. The van der Waals surface area contributed by atoms with E-state index < -0.39 is 6.04 Å². The molecule has 2 atom stereocenters. The number of piperidine rings is 1. The highest BCUT2D eigenvalue weighted by Crippen LogP contribution is 2.32. The number of halogens is 2. The van der Waals surface area contributed by atoms with E-state index in [1.165, 1.54) is 0 Å². The third kappa shape index (κ3) is 3.14. The second kappa shape index (κ2) is 6.57. The van der Waals surface area contributed by atoms with Crippen molar-refractivity contribution in [2.45, 2.75) is 31.3 Å². The molecule has 2 unspecified atom stereocenters. The first-order chi connectivity index (χ1) is 9.54. The summed E-state index contributed by atoms with van der Waals surface area (Å²) in [5.74, 6) is -0.363. The average Bonchev–Trinajstić information content (AvgIpc) is 2.44. The van der Waals surface area contributed by atoms with E-state index in [4.69, 9.17) is 17.3 Å². The SMILES string of the molecule is N#CC(c1ccc(Cl)c(Br)c1)N1CCCCC1C(N)=O. The van der Waals surface area contributed by atoms with Gasteiger partial charge in [0.15, 0.2) is 0 Å². The Bertz CT molecular complexity index is 558. The standard InChI is InChI=1S/C14H15BrClN3O/c15-10-7-9(4-5-11(10)16)13(8-17)19-6-2-1-3-12(19)14(18)20/h4-5,7,12-13H,1-3,6H2,(H2,18,20). The molecule has 6 heteroatoms. The van der Waals surface area contributed by atoms with Crippen LogP contribution in [-0.4, -0.2) is 23.4 Å². The van der Waals surface area contributed by atoms with Crippen molar-refractivity contribution < 1.29 is 4.79 Å². The maximum Gasteiger partial charge on any atom is 0.234 e. The third-order valence-electron chi connectivity index (χ3n) is 3.59. The number of nitrogens with two attached hydrogens (primary N) is 1. The van der Waals surface area contributed by atoms with E-state index in [9.17, 15) is 10.1 Å². The highest BCUT2D eigenvalue weighted by atomic mass is 79.9. The van der Waals surface area contributed by atoms with Crippen LogP contribution in [0.15, 0.2) is 22.7 Å². The van der Waals surface area contributed by atoms with Crippen molar-refractivity contribution in [1.29, 1.82) is 5.26 Å². The summed E-state index contributed by atoms with van der Waals surface area (Å²) in [5.41, 5.74) is 6.28. The van der Waals surface area contributed by atoms with Gasteiger partial charge in [0, 0.05) is 11.0 Å². The molecule has 1 aromatic rings. The molecule has 2 N–H and O–H groups in total. The Morgan fingerprint density at radius 1 is 1.55 bits per heavy atom. The van der Waals surface area contributed by atoms with E-state index >= 15 is 0 Å². The molecule has 1 aromatic carbocycles. The summed E-state index contributed by atoms with van der Waals surface area (Å²) in [6.07, 6.45) is 2.64. The minimum absolute atomic E-state index is 0.363. The van der Waals surface area contributed by atoms with Crippen molar-refractivity contribution in [3.8, 4) is 6.07 Å². The zero-order chi connectivity index (χ0) is 14.7. The van der Waals surface area contributed by atoms with Crippen molar-refractivity contribution in [2.24, 2.45) is 5.73 Å². The van der Waals surface area contributed by atoms with Gasteiger partial charge >= 0.3 is 0 Å². The van der Waals surface area contributed by atoms with Gasteiger partial charge in [0.2, 0.25) is 5.91 Å². The lowest BCUT2D eigenvalue weighted by Crippen LogP contribution is -2.48. The van der Waals surface area contributed by atoms with Crippen LogP contribution in [0.1, 0.15) is 30.9 Å². The molecule has 1 amide bonds. The average molecular weight is 357 g/mol. The van der Waals surface area contributed by atoms with Gasteiger partial charge in [-0.25, -0.2) is 0 Å². The topological polar surface area (TPSA) is 70.1 Å². The van der Waals surface area contributed by atoms with Gasteiger partial charge in [-0.05, 0) is 46.5 Å². The normalized spacial score (nSPS) is 21.1. The largest absolute Gasteiger partial charge is 0.368 e. The first-order valence-corrected chi connectivity index (χ1v) is 7.61. The van der Waals surface area contributed by atoms with Crippen molar-refractivity contribution in [1.82, 2.24) is 4.90 Å². The summed E-state index contributed by atoms with van der Waals surface area (Å²) in [6.45, 7) is 0.700. The van der Waals surface area contributed by atoms with Crippen LogP contribution in [0.2, 0.25) is 5.02 Å². The molecule has 1 aliphatic rings. The van der Waals surface area contributed by atoms with Gasteiger partial charge in [-0.3, -0.25) is 9.69 Å². The summed E-state index contributed by atoms with van der Waals surface area (Å²) in [5, 5.41) is 10.1. The molecular weight excluding hydrogens is 342 g/mol. The molecule has 0 aromatic heterocycles. The van der Waals surface area contributed by atoms with Crippen LogP contribution < -0.4 is 5.73 Å². The van der Waals surface area contributed by atoms with Gasteiger partial charge in [-0.2, -0.15) is 5.26 Å². The number of carbonyl (C=O) groups excluding carboxylic acids is 1. The Morgan fingerprint density at radius 2 is 2.30 bits per heavy atom. The Kier molecular flexibility index (Phi) is 5.03. The van der Waals surface area contributed by atoms with E-state index in [0.29, 0.717) is 18.0 Å². The van der Waals surface area contributed by atoms with Gasteiger partial charge in [0.05, 0.1) is 17.1 Å². The lowest BCUT2D eigenvalue weighted by molar-refractivity contribution is -0.125. The Labute approximate surface area is 131 Å². The zero-order valence-electron chi connectivity index (χ0n) is 10.9. The summed E-state index contributed by atoms with van der Waals surface area (Å²) in [4.78, 5) is 13.5. The molecule has 0 radical (unpaired) electrons. The number of primary amides is 1. The van der Waals surface area contributed by atoms with Crippen molar-refractivity contribution in [3.63, 3.8) is 0 Å². The second-order valence-electron chi connectivity index (χ2n) is 4.86. The Balaban J connectivity index is 2.32. The fraction of sp³-hybridized carbons (Fsp3) is 0.429. The summed E-state index contributed by atoms with van der Waals surface area (Å²) in [7, 11) is 0. The second-order valence-corrected chi connectivity index (χ2v) is 6.12. The zero-order valence-corrected chi connectivity index (χ0v) is 13.2.